The van der Waals surface area contributed by atoms with Gasteiger partial charge in [0.2, 0.25) is 6.61 Å². The van der Waals surface area contributed by atoms with Gasteiger partial charge in [-0.1, -0.05) is 29.4 Å². The number of benzene rings is 2. The van der Waals surface area contributed by atoms with Crippen LogP contribution in [0.2, 0.25) is 0 Å². The van der Waals surface area contributed by atoms with Gasteiger partial charge in [0.1, 0.15) is 24.2 Å². The number of rotatable bonds is 13. The lowest BCUT2D eigenvalue weighted by molar-refractivity contribution is -0.142. The monoisotopic (exact) mass is 483 g/mol. The summed E-state index contributed by atoms with van der Waals surface area (Å²) < 4.78 is 12.2. The summed E-state index contributed by atoms with van der Waals surface area (Å²) >= 11 is 1.58. The van der Waals surface area contributed by atoms with Crippen LogP contribution in [-0.4, -0.2) is 35.0 Å². The first-order valence-electron chi connectivity index (χ1n) is 10.5. The molecule has 1 unspecified atom stereocenters. The number of carboxylic acids is 2. The second kappa shape index (κ2) is 12.4. The van der Waals surface area contributed by atoms with Gasteiger partial charge in [0.05, 0.1) is 6.21 Å². The second-order valence-electron chi connectivity index (χ2n) is 7.42. The Morgan fingerprint density at radius 2 is 1.94 bits per heavy atom. The number of carboxylic acid groups (broad SMARTS) is 2. The first-order chi connectivity index (χ1) is 16.4. The van der Waals surface area contributed by atoms with Crippen LogP contribution in [0, 0.1) is 6.92 Å². The maximum Gasteiger partial charge on any atom is 0.344 e. The Labute approximate surface area is 201 Å². The zero-order valence-corrected chi connectivity index (χ0v) is 19.4. The molecule has 2 N–H and O–H groups in total. The van der Waals surface area contributed by atoms with Crippen molar-refractivity contribution in [2.75, 3.05) is 6.61 Å². The van der Waals surface area contributed by atoms with Crippen LogP contribution in [0.3, 0.4) is 0 Å². The minimum atomic E-state index is -1.14. The zero-order valence-electron chi connectivity index (χ0n) is 18.5. The number of hydrogen-bond donors (Lipinski definition) is 2. The molecule has 0 amide bonds. The molecule has 3 aromatic rings. The van der Waals surface area contributed by atoms with Crippen molar-refractivity contribution in [3.8, 4) is 11.5 Å². The van der Waals surface area contributed by atoms with E-state index in [0.717, 1.165) is 16.7 Å². The fourth-order valence-electron chi connectivity index (χ4n) is 3.17. The second-order valence-corrected chi connectivity index (χ2v) is 8.20. The summed E-state index contributed by atoms with van der Waals surface area (Å²) in [7, 11) is 0. The van der Waals surface area contributed by atoms with Gasteiger partial charge >= 0.3 is 11.9 Å². The van der Waals surface area contributed by atoms with Crippen molar-refractivity contribution in [3.05, 3.63) is 81.5 Å². The van der Waals surface area contributed by atoms with Gasteiger partial charge in [-0.15, -0.1) is 0 Å². The fraction of sp³-hybridized carbons (Fsp3) is 0.240. The van der Waals surface area contributed by atoms with E-state index in [1.807, 2.05) is 48.0 Å². The predicted molar refractivity (Wildman–Crippen MR) is 128 cm³/mol. The third kappa shape index (κ3) is 7.63. The molecule has 0 spiro atoms. The standard InChI is InChI=1S/C25H25NO7S/c1-17-4-2-3-5-21(17)22(8-9-24(27)28)33-23-12-20(31-14-18-10-11-34-16-18)7-6-19(23)13-26-32-15-25(29)30/h2-7,10-13,16,22H,8-9,14-15H2,1H3,(H,27,28)(H,29,30)/b26-13+. The molecule has 8 nitrogen and oxygen atoms in total. The van der Waals surface area contributed by atoms with Gasteiger partial charge in [-0.25, -0.2) is 4.79 Å². The lowest BCUT2D eigenvalue weighted by atomic mass is 9.99. The van der Waals surface area contributed by atoms with Crippen LogP contribution in [-0.2, 0) is 21.0 Å². The molecule has 0 aliphatic carbocycles. The Morgan fingerprint density at radius 3 is 2.65 bits per heavy atom. The van der Waals surface area contributed by atoms with E-state index in [1.54, 1.807) is 29.5 Å². The van der Waals surface area contributed by atoms with E-state index >= 15 is 0 Å². The van der Waals surface area contributed by atoms with E-state index in [9.17, 15) is 14.7 Å². The summed E-state index contributed by atoms with van der Waals surface area (Å²) in [4.78, 5) is 26.7. The summed E-state index contributed by atoms with van der Waals surface area (Å²) in [5, 5.41) is 25.6. The molecule has 1 atom stereocenters. The quantitative estimate of drug-likeness (QED) is 0.258. The topological polar surface area (TPSA) is 115 Å². The van der Waals surface area contributed by atoms with Crippen LogP contribution in [0.4, 0.5) is 0 Å². The number of thiophene rings is 1. The normalized spacial score (nSPS) is 11.8. The molecule has 0 aliphatic rings. The van der Waals surface area contributed by atoms with Crippen molar-refractivity contribution in [1.82, 2.24) is 0 Å². The molecule has 9 heteroatoms. The van der Waals surface area contributed by atoms with Crippen LogP contribution >= 0.6 is 11.3 Å². The average molecular weight is 484 g/mol. The maximum atomic E-state index is 11.3. The highest BCUT2D eigenvalue weighted by molar-refractivity contribution is 7.07. The highest BCUT2D eigenvalue weighted by Gasteiger charge is 2.19. The number of ether oxygens (including phenoxy) is 2. The van der Waals surface area contributed by atoms with Crippen molar-refractivity contribution in [1.29, 1.82) is 0 Å². The van der Waals surface area contributed by atoms with Crippen molar-refractivity contribution >= 4 is 29.5 Å². The summed E-state index contributed by atoms with van der Waals surface area (Å²) in [5.74, 6) is -1.09. The largest absolute Gasteiger partial charge is 0.489 e. The van der Waals surface area contributed by atoms with Crippen molar-refractivity contribution in [2.45, 2.75) is 32.5 Å². The Morgan fingerprint density at radius 1 is 1.12 bits per heavy atom. The molecular weight excluding hydrogens is 458 g/mol. The minimum absolute atomic E-state index is 0.0709. The third-order valence-electron chi connectivity index (χ3n) is 4.85. The first-order valence-corrected chi connectivity index (χ1v) is 11.5. The lowest BCUT2D eigenvalue weighted by Gasteiger charge is -2.22. The van der Waals surface area contributed by atoms with Crippen LogP contribution < -0.4 is 9.47 Å². The van der Waals surface area contributed by atoms with Gasteiger partial charge in [-0.05, 0) is 59.0 Å². The molecule has 0 bridgehead atoms. The summed E-state index contributed by atoms with van der Waals surface area (Å²) in [6, 6.07) is 14.8. The van der Waals surface area contributed by atoms with Crippen LogP contribution in [0.1, 0.15) is 41.2 Å². The number of oxime groups is 1. The third-order valence-corrected chi connectivity index (χ3v) is 5.58. The van der Waals surface area contributed by atoms with E-state index in [2.05, 4.69) is 5.16 Å². The molecule has 0 saturated carbocycles. The molecule has 0 fully saturated rings. The van der Waals surface area contributed by atoms with E-state index in [4.69, 9.17) is 19.4 Å². The van der Waals surface area contributed by atoms with Gasteiger partial charge < -0.3 is 24.5 Å². The van der Waals surface area contributed by atoms with E-state index in [-0.39, 0.29) is 12.8 Å². The molecule has 0 aliphatic heterocycles. The van der Waals surface area contributed by atoms with Gasteiger partial charge in [0.15, 0.2) is 0 Å². The molecule has 0 radical (unpaired) electrons. The molecule has 1 aromatic heterocycles. The molecule has 178 valence electrons. The van der Waals surface area contributed by atoms with Crippen molar-refractivity contribution in [3.63, 3.8) is 0 Å². The maximum absolute atomic E-state index is 11.3. The number of hydrogen-bond acceptors (Lipinski definition) is 7. The SMILES string of the molecule is Cc1ccccc1C(CCC(=O)O)Oc1cc(OCc2ccsc2)ccc1/C=N/OCC(=O)O. The average Bonchev–Trinajstić information content (AvgIpc) is 3.33. The van der Waals surface area contributed by atoms with E-state index in [0.29, 0.717) is 23.7 Å². The number of carbonyl (C=O) groups is 2. The van der Waals surface area contributed by atoms with Gasteiger partial charge in [0.25, 0.3) is 0 Å². The summed E-state index contributed by atoms with van der Waals surface area (Å²) in [5.41, 5.74) is 3.42. The number of aliphatic carboxylic acids is 2. The Kier molecular flexibility index (Phi) is 9.04. The summed E-state index contributed by atoms with van der Waals surface area (Å²) in [6.07, 6.45) is 1.01. The fourth-order valence-corrected chi connectivity index (χ4v) is 3.83. The van der Waals surface area contributed by atoms with Crippen molar-refractivity contribution < 1.29 is 34.1 Å². The Bertz CT molecular complexity index is 1130. The highest BCUT2D eigenvalue weighted by atomic mass is 32.1. The van der Waals surface area contributed by atoms with Crippen LogP contribution in [0.25, 0.3) is 0 Å². The van der Waals surface area contributed by atoms with Gasteiger partial charge in [0, 0.05) is 18.1 Å². The molecule has 34 heavy (non-hydrogen) atoms. The number of aryl methyl sites for hydroxylation is 1. The van der Waals surface area contributed by atoms with Crippen LogP contribution in [0.5, 0.6) is 11.5 Å². The molecule has 2 aromatic carbocycles. The Balaban J connectivity index is 1.88. The molecule has 1 heterocycles. The molecular formula is C25H25NO7S. The highest BCUT2D eigenvalue weighted by Crippen LogP contribution is 2.32. The predicted octanol–water partition coefficient (Wildman–Crippen LogP) is 5.06. The first kappa shape index (κ1) is 24.8. The van der Waals surface area contributed by atoms with Gasteiger partial charge in [-0.2, -0.15) is 11.3 Å². The smallest absolute Gasteiger partial charge is 0.344 e. The molecule has 0 saturated heterocycles. The zero-order chi connectivity index (χ0) is 24.3. The summed E-state index contributed by atoms with van der Waals surface area (Å²) in [6.45, 7) is 1.76. The minimum Gasteiger partial charge on any atom is -0.489 e. The number of nitrogens with zero attached hydrogens (tertiary/aromatic N) is 1. The molecule has 3 rings (SSSR count). The van der Waals surface area contributed by atoms with Gasteiger partial charge in [-0.3, -0.25) is 4.79 Å². The lowest BCUT2D eigenvalue weighted by Crippen LogP contribution is -2.13. The van der Waals surface area contributed by atoms with E-state index < -0.39 is 24.6 Å². The van der Waals surface area contributed by atoms with Crippen molar-refractivity contribution in [2.24, 2.45) is 5.16 Å². The van der Waals surface area contributed by atoms with E-state index in [1.165, 1.54) is 6.21 Å². The van der Waals surface area contributed by atoms with Crippen LogP contribution in [0.15, 0.2) is 64.4 Å². The Hall–Kier alpha value is -3.85.